The molecule has 3 amide bonds. The summed E-state index contributed by atoms with van der Waals surface area (Å²) in [6.45, 7) is 4.53. The van der Waals surface area contributed by atoms with E-state index in [1.807, 2.05) is 13.8 Å². The van der Waals surface area contributed by atoms with Crippen molar-refractivity contribution in [1.82, 2.24) is 10.2 Å². The summed E-state index contributed by atoms with van der Waals surface area (Å²) in [5.74, 6) is -1.42. The number of carboxylic acids is 1. The summed E-state index contributed by atoms with van der Waals surface area (Å²) in [7, 11) is 0. The number of nitrogens with one attached hydrogen (secondary N) is 2. The highest BCUT2D eigenvalue weighted by Gasteiger charge is 2.32. The number of carbonyl (C=O) groups is 3. The quantitative estimate of drug-likeness (QED) is 0.769. The van der Waals surface area contributed by atoms with Crippen molar-refractivity contribution >= 4 is 23.6 Å². The van der Waals surface area contributed by atoms with Gasteiger partial charge in [-0.15, -0.1) is 0 Å². The molecule has 26 heavy (non-hydrogen) atoms. The fourth-order valence-electron chi connectivity index (χ4n) is 3.28. The first-order chi connectivity index (χ1) is 12.3. The van der Waals surface area contributed by atoms with E-state index in [4.69, 9.17) is 0 Å². The van der Waals surface area contributed by atoms with E-state index in [1.54, 1.807) is 23.1 Å². The molecule has 140 valence electrons. The van der Waals surface area contributed by atoms with Crippen LogP contribution in [0.5, 0.6) is 0 Å². The molecule has 0 radical (unpaired) electrons. The third-order valence-corrected chi connectivity index (χ3v) is 4.95. The van der Waals surface area contributed by atoms with Crippen molar-refractivity contribution in [3.63, 3.8) is 0 Å². The molecule has 0 bridgehead atoms. The Hall–Kier alpha value is -2.57. The predicted octanol–water partition coefficient (Wildman–Crippen LogP) is 2.46. The summed E-state index contributed by atoms with van der Waals surface area (Å²) in [5.41, 5.74) is 1.93. The molecule has 3 N–H and O–H groups in total. The molecule has 2 fully saturated rings. The van der Waals surface area contributed by atoms with E-state index < -0.39 is 11.9 Å². The van der Waals surface area contributed by atoms with Gasteiger partial charge in [0.2, 0.25) is 0 Å². The highest BCUT2D eigenvalue weighted by atomic mass is 16.4. The zero-order valence-corrected chi connectivity index (χ0v) is 15.1. The zero-order valence-electron chi connectivity index (χ0n) is 15.1. The maximum Gasteiger partial charge on any atom is 0.321 e. The summed E-state index contributed by atoms with van der Waals surface area (Å²) in [6, 6.07) is 5.16. The number of rotatable bonds is 4. The van der Waals surface area contributed by atoms with Crippen molar-refractivity contribution in [2.45, 2.75) is 39.2 Å². The van der Waals surface area contributed by atoms with Gasteiger partial charge in [0.1, 0.15) is 0 Å². The number of aryl methyl sites for hydroxylation is 1. The van der Waals surface area contributed by atoms with Crippen LogP contribution in [-0.2, 0) is 4.79 Å². The van der Waals surface area contributed by atoms with Crippen LogP contribution in [0.4, 0.5) is 10.5 Å². The highest BCUT2D eigenvalue weighted by molar-refractivity contribution is 5.97. The molecule has 1 saturated heterocycles. The lowest BCUT2D eigenvalue weighted by Crippen LogP contribution is -2.47. The van der Waals surface area contributed by atoms with Crippen LogP contribution in [0.2, 0.25) is 0 Å². The number of nitrogens with zero attached hydrogens (tertiary/aromatic N) is 1. The molecule has 1 aromatic rings. The Kier molecular flexibility index (Phi) is 5.15. The average molecular weight is 359 g/mol. The molecular formula is C19H25N3O4. The molecule has 1 saturated carbocycles. The van der Waals surface area contributed by atoms with E-state index in [1.165, 1.54) is 0 Å². The number of carbonyl (C=O) groups excluding carboxylic acids is 2. The van der Waals surface area contributed by atoms with Crippen LogP contribution in [0.3, 0.4) is 0 Å². The monoisotopic (exact) mass is 359 g/mol. The van der Waals surface area contributed by atoms with E-state index in [0.29, 0.717) is 24.2 Å². The smallest absolute Gasteiger partial charge is 0.321 e. The van der Waals surface area contributed by atoms with Crippen LogP contribution in [0.25, 0.3) is 0 Å². The van der Waals surface area contributed by atoms with Crippen LogP contribution in [-0.4, -0.2) is 47.0 Å². The second-order valence-corrected chi connectivity index (χ2v) is 7.49. The summed E-state index contributed by atoms with van der Waals surface area (Å²) in [4.78, 5) is 37.7. The molecule has 7 nitrogen and oxygen atoms in total. The lowest BCUT2D eigenvalue weighted by atomic mass is 9.91. The van der Waals surface area contributed by atoms with Crippen molar-refractivity contribution < 1.29 is 19.5 Å². The van der Waals surface area contributed by atoms with Crippen molar-refractivity contribution in [3.8, 4) is 0 Å². The number of anilines is 1. The van der Waals surface area contributed by atoms with Crippen molar-refractivity contribution in [1.29, 1.82) is 0 Å². The van der Waals surface area contributed by atoms with E-state index in [0.717, 1.165) is 18.4 Å². The van der Waals surface area contributed by atoms with Gasteiger partial charge in [0, 0.05) is 30.4 Å². The molecule has 7 heteroatoms. The molecule has 0 spiro atoms. The maximum absolute atomic E-state index is 12.6. The molecule has 2 atom stereocenters. The molecule has 2 aliphatic rings. The number of amides is 3. The number of urea groups is 1. The van der Waals surface area contributed by atoms with Gasteiger partial charge in [-0.2, -0.15) is 0 Å². The number of hydrogen-bond acceptors (Lipinski definition) is 3. The number of benzene rings is 1. The van der Waals surface area contributed by atoms with E-state index >= 15 is 0 Å². The fourth-order valence-corrected chi connectivity index (χ4v) is 3.28. The van der Waals surface area contributed by atoms with E-state index in [2.05, 4.69) is 10.6 Å². The summed E-state index contributed by atoms with van der Waals surface area (Å²) >= 11 is 0. The number of hydrogen-bond donors (Lipinski definition) is 3. The Labute approximate surface area is 152 Å². The standard InChI is InChI=1S/C19H25N3O4/c1-11-7-14(18(24)25)10-22(9-11)19(26)21-16-8-13(4-3-12(16)2)17(23)20-15-5-6-15/h3-4,8,11,14-15H,5-7,9-10H2,1-2H3,(H,20,23)(H,21,26)(H,24,25). The largest absolute Gasteiger partial charge is 0.481 e. The minimum absolute atomic E-state index is 0.132. The van der Waals surface area contributed by atoms with Crippen LogP contribution < -0.4 is 10.6 Å². The predicted molar refractivity (Wildman–Crippen MR) is 97.2 cm³/mol. The highest BCUT2D eigenvalue weighted by Crippen LogP contribution is 2.24. The van der Waals surface area contributed by atoms with E-state index in [-0.39, 0.29) is 30.4 Å². The average Bonchev–Trinajstić information content (AvgIpc) is 3.40. The van der Waals surface area contributed by atoms with Crippen molar-refractivity contribution in [3.05, 3.63) is 29.3 Å². The molecule has 1 aliphatic carbocycles. The summed E-state index contributed by atoms with van der Waals surface area (Å²) < 4.78 is 0. The van der Waals surface area contributed by atoms with E-state index in [9.17, 15) is 19.5 Å². The first kappa shape index (κ1) is 18.2. The van der Waals surface area contributed by atoms with Gasteiger partial charge in [-0.3, -0.25) is 9.59 Å². The third-order valence-electron chi connectivity index (χ3n) is 4.95. The fraction of sp³-hybridized carbons (Fsp3) is 0.526. The minimum Gasteiger partial charge on any atom is -0.481 e. The topological polar surface area (TPSA) is 98.7 Å². The number of aliphatic carboxylic acids is 1. The Morgan fingerprint density at radius 2 is 1.92 bits per heavy atom. The molecule has 1 heterocycles. The van der Waals surface area contributed by atoms with Gasteiger partial charge in [-0.05, 0) is 49.8 Å². The first-order valence-electron chi connectivity index (χ1n) is 9.03. The van der Waals surface area contributed by atoms with Crippen LogP contribution in [0, 0.1) is 18.8 Å². The number of carboxylic acid groups (broad SMARTS) is 1. The number of likely N-dealkylation sites (tertiary alicyclic amines) is 1. The Morgan fingerprint density at radius 3 is 2.58 bits per heavy atom. The Morgan fingerprint density at radius 1 is 1.19 bits per heavy atom. The molecule has 0 aromatic heterocycles. The van der Waals surface area contributed by atoms with Crippen LogP contribution >= 0.6 is 0 Å². The lowest BCUT2D eigenvalue weighted by molar-refractivity contribution is -0.143. The first-order valence-corrected chi connectivity index (χ1v) is 9.03. The number of piperidine rings is 1. The summed E-state index contributed by atoms with van der Waals surface area (Å²) in [6.07, 6.45) is 2.60. The molecule has 1 aromatic carbocycles. The lowest BCUT2D eigenvalue weighted by Gasteiger charge is -2.34. The van der Waals surface area contributed by atoms with Gasteiger partial charge < -0.3 is 20.6 Å². The second kappa shape index (κ2) is 7.35. The molecule has 2 unspecified atom stereocenters. The maximum atomic E-state index is 12.6. The molecule has 1 aliphatic heterocycles. The van der Waals surface area contributed by atoms with Crippen molar-refractivity contribution in [2.75, 3.05) is 18.4 Å². The normalized spacial score (nSPS) is 22.6. The minimum atomic E-state index is -0.871. The van der Waals surface area contributed by atoms with Gasteiger partial charge >= 0.3 is 12.0 Å². The van der Waals surface area contributed by atoms with Crippen LogP contribution in [0.1, 0.15) is 42.1 Å². The second-order valence-electron chi connectivity index (χ2n) is 7.49. The zero-order chi connectivity index (χ0) is 18.8. The molecule has 3 rings (SSSR count). The van der Waals surface area contributed by atoms with Gasteiger partial charge in [0.05, 0.1) is 5.92 Å². The van der Waals surface area contributed by atoms with Gasteiger partial charge in [-0.1, -0.05) is 13.0 Å². The Bertz CT molecular complexity index is 729. The van der Waals surface area contributed by atoms with Gasteiger partial charge in [0.15, 0.2) is 0 Å². The van der Waals surface area contributed by atoms with Gasteiger partial charge in [-0.25, -0.2) is 4.79 Å². The van der Waals surface area contributed by atoms with Gasteiger partial charge in [0.25, 0.3) is 5.91 Å². The molecular weight excluding hydrogens is 334 g/mol. The summed E-state index contributed by atoms with van der Waals surface area (Å²) in [5, 5.41) is 15.0. The third kappa shape index (κ3) is 4.33. The van der Waals surface area contributed by atoms with Crippen molar-refractivity contribution in [2.24, 2.45) is 11.8 Å². The SMILES string of the molecule is Cc1ccc(C(=O)NC2CC2)cc1NC(=O)N1CC(C)CC(C(=O)O)C1. The Balaban J connectivity index is 1.69. The van der Waals surface area contributed by atoms with Crippen LogP contribution in [0.15, 0.2) is 18.2 Å².